The number of hydrogen-bond donors (Lipinski definition) is 0. The maximum absolute atomic E-state index is 3.93. The van der Waals surface area contributed by atoms with E-state index >= 15 is 0 Å². The first-order chi connectivity index (χ1) is 15.2. The fourth-order valence-electron chi connectivity index (χ4n) is 3.99. The molecule has 0 amide bonds. The van der Waals surface area contributed by atoms with E-state index < -0.39 is 0 Å². The Morgan fingerprint density at radius 2 is 0.677 bits per heavy atom. The third-order valence-electron chi connectivity index (χ3n) is 5.88. The molecule has 0 unspecified atom stereocenters. The van der Waals surface area contributed by atoms with Crippen molar-refractivity contribution in [3.8, 4) is 0 Å². The minimum atomic E-state index is 0.955. The largest absolute Gasteiger partial charge is 0.0890 e. The van der Waals surface area contributed by atoms with Gasteiger partial charge in [0, 0.05) is 6.42 Å². The van der Waals surface area contributed by atoms with Gasteiger partial charge in [0.1, 0.15) is 0 Å². The fraction of sp³-hybridized carbons (Fsp3) is 0.194. The Labute approximate surface area is 187 Å². The summed E-state index contributed by atoms with van der Waals surface area (Å²) in [5.41, 5.74) is 10.9. The molecule has 0 heteroatoms. The molecular weight excluding hydrogens is 372 g/mol. The van der Waals surface area contributed by atoms with E-state index in [-0.39, 0.29) is 0 Å². The van der Waals surface area contributed by atoms with Crippen LogP contribution >= 0.6 is 0 Å². The minimum Gasteiger partial charge on any atom is -0.0590 e. The molecule has 0 aliphatic rings. The van der Waals surface area contributed by atoms with Crippen LogP contribution in [-0.2, 0) is 25.7 Å². The first-order valence-electron chi connectivity index (χ1n) is 11.3. The molecule has 0 nitrogen and oxygen atoms in total. The lowest BCUT2D eigenvalue weighted by Crippen LogP contribution is -1.93. The number of rotatable bonds is 8. The molecule has 0 saturated carbocycles. The van der Waals surface area contributed by atoms with Gasteiger partial charge in [0.05, 0.1) is 13.3 Å². The summed E-state index contributed by atoms with van der Waals surface area (Å²) in [5.74, 6) is 0. The predicted molar refractivity (Wildman–Crippen MR) is 133 cm³/mol. The van der Waals surface area contributed by atoms with Crippen LogP contribution in [0.3, 0.4) is 0 Å². The quantitative estimate of drug-likeness (QED) is 0.267. The summed E-state index contributed by atoms with van der Waals surface area (Å²) in [7, 11) is 0. The second kappa shape index (κ2) is 10.2. The number of aryl methyl sites for hydroxylation is 2. The van der Waals surface area contributed by atoms with Gasteiger partial charge in [-0.2, -0.15) is 0 Å². The summed E-state index contributed by atoms with van der Waals surface area (Å²) in [6.45, 7) is 6.07. The Kier molecular flexibility index (Phi) is 6.89. The van der Waals surface area contributed by atoms with Crippen LogP contribution in [0.4, 0.5) is 0 Å². The molecular formula is C31H31+. The lowest BCUT2D eigenvalue weighted by Gasteiger charge is -2.07. The molecule has 154 valence electrons. The zero-order valence-electron chi connectivity index (χ0n) is 18.5. The molecule has 0 spiro atoms. The van der Waals surface area contributed by atoms with E-state index in [2.05, 4.69) is 111 Å². The first kappa shape index (κ1) is 21.0. The molecule has 0 bridgehead atoms. The molecule has 0 heterocycles. The van der Waals surface area contributed by atoms with Gasteiger partial charge in [-0.3, -0.25) is 0 Å². The molecule has 4 aromatic rings. The van der Waals surface area contributed by atoms with Crippen LogP contribution < -0.4 is 0 Å². The standard InChI is InChI=1S/C31H31/c1-3-4-25-9-11-27(12-10-25)22-29-17-19-31(20-18-29)23-30-15-13-28(14-16-30)21-26-7-5-24(2)6-8-26/h5-20H,1,3-4,21-23H2,2H3/q+1. The van der Waals surface area contributed by atoms with Crippen molar-refractivity contribution in [2.75, 3.05) is 0 Å². The average molecular weight is 404 g/mol. The monoisotopic (exact) mass is 403 g/mol. The van der Waals surface area contributed by atoms with Gasteiger partial charge in [-0.05, 0) is 65.1 Å². The summed E-state index contributed by atoms with van der Waals surface area (Å²) in [4.78, 5) is 0. The fourth-order valence-corrected chi connectivity index (χ4v) is 3.99. The summed E-state index contributed by atoms with van der Waals surface area (Å²) in [5, 5.41) is 0. The molecule has 0 atom stereocenters. The smallest absolute Gasteiger partial charge is 0.0590 e. The van der Waals surface area contributed by atoms with Crippen LogP contribution in [0.1, 0.15) is 50.9 Å². The highest BCUT2D eigenvalue weighted by atomic mass is 14.1. The lowest BCUT2D eigenvalue weighted by molar-refractivity contribution is 0.996. The summed E-state index contributed by atoms with van der Waals surface area (Å²) < 4.78 is 0. The highest BCUT2D eigenvalue weighted by molar-refractivity contribution is 5.35. The van der Waals surface area contributed by atoms with Crippen LogP contribution in [-0.4, -0.2) is 0 Å². The highest BCUT2D eigenvalue weighted by Gasteiger charge is 2.02. The van der Waals surface area contributed by atoms with Gasteiger partial charge < -0.3 is 0 Å². The van der Waals surface area contributed by atoms with E-state index in [9.17, 15) is 0 Å². The second-order valence-corrected chi connectivity index (χ2v) is 8.57. The van der Waals surface area contributed by atoms with E-state index in [1.54, 1.807) is 0 Å². The molecule has 0 radical (unpaired) electrons. The Hall–Kier alpha value is -3.25. The Morgan fingerprint density at radius 1 is 0.419 bits per heavy atom. The van der Waals surface area contributed by atoms with Crippen molar-refractivity contribution in [2.24, 2.45) is 0 Å². The second-order valence-electron chi connectivity index (χ2n) is 8.57. The number of hydrogen-bond acceptors (Lipinski definition) is 0. The lowest BCUT2D eigenvalue weighted by atomic mass is 9.98. The SMILES string of the molecule is [CH2+]CCc1ccc(Cc2ccc(Cc3ccc(Cc4ccc(C)cc4)cc3)cc2)cc1. The van der Waals surface area contributed by atoms with Crippen LogP contribution in [0.25, 0.3) is 0 Å². The molecule has 0 N–H and O–H groups in total. The van der Waals surface area contributed by atoms with E-state index in [0.29, 0.717) is 0 Å². The molecule has 0 aromatic heterocycles. The Balaban J connectivity index is 1.33. The molecule has 0 aliphatic heterocycles. The van der Waals surface area contributed by atoms with Gasteiger partial charge in [0.25, 0.3) is 0 Å². The molecule has 0 aliphatic carbocycles. The molecule has 0 fully saturated rings. The highest BCUT2D eigenvalue weighted by Crippen LogP contribution is 2.17. The van der Waals surface area contributed by atoms with E-state index in [4.69, 9.17) is 0 Å². The van der Waals surface area contributed by atoms with Crippen molar-refractivity contribution < 1.29 is 0 Å². The van der Waals surface area contributed by atoms with Gasteiger partial charge in [-0.25, -0.2) is 0 Å². The van der Waals surface area contributed by atoms with Gasteiger partial charge in [-0.15, -0.1) is 0 Å². The summed E-state index contributed by atoms with van der Waals surface area (Å²) >= 11 is 0. The topological polar surface area (TPSA) is 0 Å². The van der Waals surface area contributed by atoms with Crippen LogP contribution in [0.15, 0.2) is 97.1 Å². The van der Waals surface area contributed by atoms with Crippen molar-refractivity contribution >= 4 is 0 Å². The van der Waals surface area contributed by atoms with Crippen molar-refractivity contribution in [3.05, 3.63) is 148 Å². The van der Waals surface area contributed by atoms with Gasteiger partial charge in [0.2, 0.25) is 0 Å². The summed E-state index contributed by atoms with van der Waals surface area (Å²) in [6, 6.07) is 35.9. The third kappa shape index (κ3) is 6.12. The normalized spacial score (nSPS) is 10.9. The van der Waals surface area contributed by atoms with Gasteiger partial charge in [0.15, 0.2) is 0 Å². The predicted octanol–water partition coefficient (Wildman–Crippen LogP) is 7.53. The van der Waals surface area contributed by atoms with Crippen LogP contribution in [0.5, 0.6) is 0 Å². The van der Waals surface area contributed by atoms with Crippen molar-refractivity contribution in [3.63, 3.8) is 0 Å². The molecule has 0 saturated heterocycles. The maximum atomic E-state index is 3.93. The van der Waals surface area contributed by atoms with Gasteiger partial charge >= 0.3 is 0 Å². The van der Waals surface area contributed by atoms with Crippen LogP contribution in [0.2, 0.25) is 0 Å². The molecule has 4 aromatic carbocycles. The van der Waals surface area contributed by atoms with Crippen molar-refractivity contribution in [2.45, 2.75) is 39.0 Å². The maximum Gasteiger partial charge on any atom is 0.0890 e. The van der Waals surface area contributed by atoms with Gasteiger partial charge in [-0.1, -0.05) is 103 Å². The van der Waals surface area contributed by atoms with E-state index in [1.165, 1.54) is 44.5 Å². The summed E-state index contributed by atoms with van der Waals surface area (Å²) in [6.07, 6.45) is 4.97. The Bertz CT molecular complexity index is 1070. The molecule has 4 rings (SSSR count). The zero-order valence-corrected chi connectivity index (χ0v) is 18.5. The Morgan fingerprint density at radius 3 is 0.968 bits per heavy atom. The van der Waals surface area contributed by atoms with Crippen LogP contribution in [0, 0.1) is 13.8 Å². The van der Waals surface area contributed by atoms with Crippen molar-refractivity contribution in [1.82, 2.24) is 0 Å². The average Bonchev–Trinajstić information content (AvgIpc) is 2.79. The van der Waals surface area contributed by atoms with E-state index in [0.717, 1.165) is 32.1 Å². The van der Waals surface area contributed by atoms with E-state index in [1.807, 2.05) is 0 Å². The minimum absolute atomic E-state index is 0.955. The first-order valence-corrected chi connectivity index (χ1v) is 11.3. The molecule has 31 heavy (non-hydrogen) atoms. The number of benzene rings is 4. The van der Waals surface area contributed by atoms with Crippen molar-refractivity contribution in [1.29, 1.82) is 0 Å². The third-order valence-corrected chi connectivity index (χ3v) is 5.88. The zero-order chi connectivity index (χ0) is 21.5.